The number of aliphatic hydroxyl groups is 3. The van der Waals surface area contributed by atoms with Crippen LogP contribution in [0.2, 0.25) is 0 Å². The molecule has 0 amide bonds. The van der Waals surface area contributed by atoms with E-state index in [1.165, 1.54) is 23.5 Å². The highest BCUT2D eigenvalue weighted by atomic mass is 16.6. The van der Waals surface area contributed by atoms with Crippen LogP contribution in [0.25, 0.3) is 22.3 Å². The van der Waals surface area contributed by atoms with Gasteiger partial charge < -0.3 is 30.8 Å². The Balaban J connectivity index is 0.000000168. The molecule has 30 heavy (non-hydrogen) atoms. The van der Waals surface area contributed by atoms with Crippen LogP contribution >= 0.6 is 0 Å². The monoisotopic (exact) mass is 419 g/mol. The number of nitrogens with one attached hydrogen (secondary N) is 3. The molecule has 0 aromatic carbocycles. The van der Waals surface area contributed by atoms with Crippen LogP contribution in [0.5, 0.6) is 0 Å². The SMILES string of the molecule is Nc1ncnc2c1ncn2[C@@H]1O[C@H](CO)[C@@H](O)[C@H]1O.O=c1[nH]c(=O)c2[nH]cnc2[nH]1. The van der Waals surface area contributed by atoms with Gasteiger partial charge in [0, 0.05) is 0 Å². The zero-order chi connectivity index (χ0) is 21.4. The summed E-state index contributed by atoms with van der Waals surface area (Å²) in [5.74, 6) is 0.218. The van der Waals surface area contributed by atoms with E-state index in [0.29, 0.717) is 11.2 Å². The second kappa shape index (κ2) is 7.64. The number of ether oxygens (including phenoxy) is 1. The van der Waals surface area contributed by atoms with Crippen LogP contribution in [-0.4, -0.2) is 79.7 Å². The Bertz CT molecular complexity index is 1290. The van der Waals surface area contributed by atoms with Gasteiger partial charge in [0.05, 0.1) is 19.3 Å². The lowest BCUT2D eigenvalue weighted by molar-refractivity contribution is -0.0511. The number of H-pyrrole nitrogens is 3. The number of hydrogen-bond donors (Lipinski definition) is 7. The Kier molecular flexibility index (Phi) is 5.00. The maximum Gasteiger partial charge on any atom is 0.327 e. The van der Waals surface area contributed by atoms with E-state index < -0.39 is 42.4 Å². The van der Waals surface area contributed by atoms with Crippen molar-refractivity contribution in [2.45, 2.75) is 24.5 Å². The lowest BCUT2D eigenvalue weighted by Gasteiger charge is -2.16. The first-order valence-corrected chi connectivity index (χ1v) is 8.62. The lowest BCUT2D eigenvalue weighted by atomic mass is 10.1. The molecule has 15 nitrogen and oxygen atoms in total. The van der Waals surface area contributed by atoms with Crippen molar-refractivity contribution in [3.63, 3.8) is 0 Å². The van der Waals surface area contributed by atoms with Crippen LogP contribution in [-0.2, 0) is 4.74 Å². The minimum Gasteiger partial charge on any atom is -0.394 e. The zero-order valence-electron chi connectivity index (χ0n) is 15.1. The molecule has 4 atom stereocenters. The average Bonchev–Trinajstić information content (AvgIpc) is 3.42. The van der Waals surface area contributed by atoms with Gasteiger partial charge in [-0.05, 0) is 0 Å². The summed E-state index contributed by atoms with van der Waals surface area (Å²) >= 11 is 0. The molecule has 8 N–H and O–H groups in total. The van der Waals surface area contributed by atoms with Crippen LogP contribution in [0.4, 0.5) is 5.82 Å². The predicted octanol–water partition coefficient (Wildman–Crippen LogP) is -3.04. The van der Waals surface area contributed by atoms with Gasteiger partial charge in [0.15, 0.2) is 23.3 Å². The number of imidazole rings is 2. The summed E-state index contributed by atoms with van der Waals surface area (Å²) in [5, 5.41) is 28.7. The first-order valence-electron chi connectivity index (χ1n) is 8.62. The molecule has 1 fully saturated rings. The zero-order valence-corrected chi connectivity index (χ0v) is 15.1. The standard InChI is InChI=1S/C10H13N5O4.C5H4N4O2/c11-8-5-9(13-2-12-8)15(3-14-5)10-7(18)6(17)4(1-16)19-10;10-4-2-3(7-1-6-2)8-5(11)9-4/h2-4,6-7,10,16-18H,1H2,(H2,11,12,13);1H,(H3,6,7,8,9,10,11)/t4-,6-,7-,10-;/m1./s1. The molecule has 0 spiro atoms. The molecule has 0 unspecified atom stereocenters. The van der Waals surface area contributed by atoms with Gasteiger partial charge in [0.2, 0.25) is 0 Å². The van der Waals surface area contributed by atoms with Gasteiger partial charge in [0.25, 0.3) is 5.56 Å². The summed E-state index contributed by atoms with van der Waals surface area (Å²) in [5.41, 5.74) is 6.00. The van der Waals surface area contributed by atoms with Gasteiger partial charge >= 0.3 is 5.69 Å². The van der Waals surface area contributed by atoms with Crippen molar-refractivity contribution in [3.8, 4) is 0 Å². The summed E-state index contributed by atoms with van der Waals surface area (Å²) < 4.78 is 6.85. The van der Waals surface area contributed by atoms with Gasteiger partial charge in [0.1, 0.15) is 35.7 Å². The van der Waals surface area contributed by atoms with Crippen molar-refractivity contribution in [2.75, 3.05) is 12.3 Å². The van der Waals surface area contributed by atoms with Gasteiger partial charge in [-0.3, -0.25) is 19.3 Å². The molecule has 5 rings (SSSR count). The molecule has 5 heterocycles. The second-order valence-corrected chi connectivity index (χ2v) is 6.35. The summed E-state index contributed by atoms with van der Waals surface area (Å²) in [6.45, 7) is -0.390. The fraction of sp³-hybridized carbons (Fsp3) is 0.333. The summed E-state index contributed by atoms with van der Waals surface area (Å²) in [6, 6.07) is 0. The van der Waals surface area contributed by atoms with Crippen molar-refractivity contribution < 1.29 is 20.1 Å². The first kappa shape index (κ1) is 19.6. The highest BCUT2D eigenvalue weighted by Crippen LogP contribution is 2.31. The maximum atomic E-state index is 10.9. The van der Waals surface area contributed by atoms with E-state index in [-0.39, 0.29) is 17.0 Å². The summed E-state index contributed by atoms with van der Waals surface area (Å²) in [4.78, 5) is 44.2. The Morgan fingerprint density at radius 1 is 1.13 bits per heavy atom. The Labute approximate surface area is 165 Å². The first-order chi connectivity index (χ1) is 14.4. The number of hydrogen-bond acceptors (Lipinski definition) is 11. The normalized spacial score (nSPS) is 23.6. The molecule has 0 radical (unpaired) electrons. The van der Waals surface area contributed by atoms with E-state index in [0.717, 1.165) is 0 Å². The number of anilines is 1. The quantitative estimate of drug-likeness (QED) is 0.172. The fourth-order valence-corrected chi connectivity index (χ4v) is 3.03. The molecule has 1 aliphatic heterocycles. The van der Waals surface area contributed by atoms with Gasteiger partial charge in [-0.15, -0.1) is 0 Å². The number of aromatic nitrogens is 8. The van der Waals surface area contributed by atoms with E-state index in [4.69, 9.17) is 15.6 Å². The summed E-state index contributed by atoms with van der Waals surface area (Å²) in [7, 11) is 0. The van der Waals surface area contributed by atoms with Crippen molar-refractivity contribution >= 4 is 28.1 Å². The lowest BCUT2D eigenvalue weighted by Crippen LogP contribution is -2.33. The van der Waals surface area contributed by atoms with Crippen LogP contribution in [0.3, 0.4) is 0 Å². The Morgan fingerprint density at radius 2 is 1.93 bits per heavy atom. The maximum absolute atomic E-state index is 10.9. The smallest absolute Gasteiger partial charge is 0.327 e. The molecular formula is C15H17N9O6. The third kappa shape index (κ3) is 3.30. The molecule has 1 saturated heterocycles. The average molecular weight is 419 g/mol. The topological polar surface area (TPSA) is 234 Å². The fourth-order valence-electron chi connectivity index (χ4n) is 3.03. The molecule has 158 valence electrons. The molecule has 0 bridgehead atoms. The molecular weight excluding hydrogens is 402 g/mol. The van der Waals surface area contributed by atoms with Gasteiger partial charge in [-0.1, -0.05) is 0 Å². The van der Waals surface area contributed by atoms with Crippen molar-refractivity contribution in [1.29, 1.82) is 0 Å². The van der Waals surface area contributed by atoms with Crippen LogP contribution in [0.15, 0.2) is 28.6 Å². The number of rotatable bonds is 2. The third-order valence-corrected chi connectivity index (χ3v) is 4.50. The number of aromatic amines is 3. The second-order valence-electron chi connectivity index (χ2n) is 6.35. The predicted molar refractivity (Wildman–Crippen MR) is 100 cm³/mol. The van der Waals surface area contributed by atoms with E-state index in [1.807, 2.05) is 0 Å². The highest BCUT2D eigenvalue weighted by molar-refractivity contribution is 5.81. The highest BCUT2D eigenvalue weighted by Gasteiger charge is 2.43. The van der Waals surface area contributed by atoms with Gasteiger partial charge in [-0.2, -0.15) is 0 Å². The Hall–Kier alpha value is -3.66. The van der Waals surface area contributed by atoms with Crippen molar-refractivity contribution in [3.05, 3.63) is 39.8 Å². The minimum atomic E-state index is -1.19. The van der Waals surface area contributed by atoms with Gasteiger partial charge in [-0.25, -0.2) is 24.7 Å². The number of nitrogen functional groups attached to an aromatic ring is 1. The molecule has 1 aliphatic rings. The molecule has 0 aliphatic carbocycles. The molecule has 15 heteroatoms. The van der Waals surface area contributed by atoms with E-state index >= 15 is 0 Å². The van der Waals surface area contributed by atoms with Crippen LogP contribution in [0, 0.1) is 0 Å². The van der Waals surface area contributed by atoms with E-state index in [1.54, 1.807) is 0 Å². The van der Waals surface area contributed by atoms with Crippen LogP contribution in [0.1, 0.15) is 6.23 Å². The van der Waals surface area contributed by atoms with Crippen molar-refractivity contribution in [2.24, 2.45) is 0 Å². The molecule has 4 aromatic rings. The van der Waals surface area contributed by atoms with E-state index in [2.05, 4.69) is 34.9 Å². The number of aliphatic hydroxyl groups excluding tert-OH is 3. The summed E-state index contributed by atoms with van der Waals surface area (Å²) in [6.07, 6.45) is -0.0799. The number of nitrogens with zero attached hydrogens (tertiary/aromatic N) is 5. The molecule has 0 saturated carbocycles. The van der Waals surface area contributed by atoms with Crippen molar-refractivity contribution in [1.82, 2.24) is 39.5 Å². The number of nitrogens with two attached hydrogens (primary N) is 1. The van der Waals surface area contributed by atoms with E-state index in [9.17, 15) is 19.8 Å². The third-order valence-electron chi connectivity index (χ3n) is 4.50. The largest absolute Gasteiger partial charge is 0.394 e. The van der Waals surface area contributed by atoms with Crippen LogP contribution < -0.4 is 17.0 Å². The number of fused-ring (bicyclic) bond motifs is 2. The minimum absolute atomic E-state index is 0.218. The molecule has 4 aromatic heterocycles. The Morgan fingerprint density at radius 3 is 2.67 bits per heavy atom.